The largest absolute Gasteiger partial charge is 0.462 e. The second kappa shape index (κ2) is 17.0. The monoisotopic (exact) mass is 460 g/mol. The summed E-state index contributed by atoms with van der Waals surface area (Å²) < 4.78 is 25.2. The molecule has 0 aromatic heterocycles. The Hall–Kier alpha value is -2.65. The zero-order chi connectivity index (χ0) is 24.5. The minimum atomic E-state index is -0.833. The SMILES string of the molecule is CC(=O)OCC(COC(=O)CCCCCCCC(OC(C)=O)C(C)OC(C)=O)OC(C)=O. The predicted molar refractivity (Wildman–Crippen MR) is 112 cm³/mol. The van der Waals surface area contributed by atoms with Crippen LogP contribution in [0.3, 0.4) is 0 Å². The van der Waals surface area contributed by atoms with E-state index in [4.69, 9.17) is 23.7 Å². The van der Waals surface area contributed by atoms with E-state index in [9.17, 15) is 24.0 Å². The third kappa shape index (κ3) is 17.1. The van der Waals surface area contributed by atoms with E-state index in [0.717, 1.165) is 25.7 Å². The maximum atomic E-state index is 11.9. The molecule has 0 saturated heterocycles. The van der Waals surface area contributed by atoms with Crippen LogP contribution in [0.5, 0.6) is 0 Å². The molecule has 0 fully saturated rings. The van der Waals surface area contributed by atoms with Crippen LogP contribution in [0.1, 0.15) is 79.6 Å². The van der Waals surface area contributed by atoms with Gasteiger partial charge in [-0.05, 0) is 26.2 Å². The van der Waals surface area contributed by atoms with E-state index in [1.54, 1.807) is 6.92 Å². The Morgan fingerprint density at radius 1 is 0.625 bits per heavy atom. The molecule has 0 aromatic carbocycles. The van der Waals surface area contributed by atoms with Gasteiger partial charge in [0.25, 0.3) is 0 Å². The average molecular weight is 461 g/mol. The Morgan fingerprint density at radius 3 is 1.72 bits per heavy atom. The van der Waals surface area contributed by atoms with Crippen LogP contribution in [0.2, 0.25) is 0 Å². The molecule has 3 atom stereocenters. The first-order valence-corrected chi connectivity index (χ1v) is 10.8. The number of carbonyl (C=O) groups is 5. The first kappa shape index (κ1) is 29.4. The highest BCUT2D eigenvalue weighted by atomic mass is 16.6. The second-order valence-corrected chi connectivity index (χ2v) is 7.49. The van der Waals surface area contributed by atoms with Crippen molar-refractivity contribution in [1.29, 1.82) is 0 Å². The van der Waals surface area contributed by atoms with Gasteiger partial charge in [0.1, 0.15) is 25.4 Å². The summed E-state index contributed by atoms with van der Waals surface area (Å²) in [4.78, 5) is 56.1. The molecule has 10 heteroatoms. The van der Waals surface area contributed by atoms with E-state index in [1.165, 1.54) is 27.7 Å². The molecule has 0 aromatic rings. The van der Waals surface area contributed by atoms with Crippen molar-refractivity contribution < 1.29 is 47.7 Å². The molecule has 0 radical (unpaired) electrons. The summed E-state index contributed by atoms with van der Waals surface area (Å²) >= 11 is 0. The van der Waals surface area contributed by atoms with Gasteiger partial charge in [-0.3, -0.25) is 24.0 Å². The lowest BCUT2D eigenvalue weighted by molar-refractivity contribution is -0.164. The van der Waals surface area contributed by atoms with Crippen LogP contribution in [0.25, 0.3) is 0 Å². The van der Waals surface area contributed by atoms with Gasteiger partial charge in [-0.2, -0.15) is 0 Å². The molecule has 0 aliphatic carbocycles. The number of esters is 5. The van der Waals surface area contributed by atoms with Crippen molar-refractivity contribution in [3.8, 4) is 0 Å². The normalized spacial score (nSPS) is 13.3. The Bertz CT molecular complexity index is 616. The van der Waals surface area contributed by atoms with Gasteiger partial charge in [-0.1, -0.05) is 19.3 Å². The lowest BCUT2D eigenvalue weighted by atomic mass is 10.0. The Balaban J connectivity index is 4.06. The van der Waals surface area contributed by atoms with Crippen LogP contribution in [0.15, 0.2) is 0 Å². The topological polar surface area (TPSA) is 132 Å². The number of carbonyl (C=O) groups excluding carboxylic acids is 5. The van der Waals surface area contributed by atoms with Crippen LogP contribution in [-0.4, -0.2) is 61.4 Å². The highest BCUT2D eigenvalue weighted by Gasteiger charge is 2.22. The van der Waals surface area contributed by atoms with E-state index >= 15 is 0 Å². The molecular formula is C22H36O10. The smallest absolute Gasteiger partial charge is 0.305 e. The number of ether oxygens (including phenoxy) is 5. The van der Waals surface area contributed by atoms with Crippen molar-refractivity contribution in [3.63, 3.8) is 0 Å². The average Bonchev–Trinajstić information content (AvgIpc) is 2.67. The Kier molecular flexibility index (Phi) is 15.6. The molecule has 0 aliphatic heterocycles. The van der Waals surface area contributed by atoms with E-state index in [1.807, 2.05) is 0 Å². The van der Waals surface area contributed by atoms with Gasteiger partial charge in [-0.15, -0.1) is 0 Å². The first-order valence-electron chi connectivity index (χ1n) is 10.8. The van der Waals surface area contributed by atoms with E-state index in [2.05, 4.69) is 0 Å². The van der Waals surface area contributed by atoms with Crippen molar-refractivity contribution in [3.05, 3.63) is 0 Å². The number of hydrogen-bond acceptors (Lipinski definition) is 10. The second-order valence-electron chi connectivity index (χ2n) is 7.49. The van der Waals surface area contributed by atoms with Crippen LogP contribution in [0.4, 0.5) is 0 Å². The molecule has 0 bridgehead atoms. The predicted octanol–water partition coefficient (Wildman–Crippen LogP) is 2.64. The fourth-order valence-electron chi connectivity index (χ4n) is 2.90. The van der Waals surface area contributed by atoms with Gasteiger partial charge in [0.15, 0.2) is 6.10 Å². The highest BCUT2D eigenvalue weighted by Crippen LogP contribution is 2.15. The third-order valence-electron chi connectivity index (χ3n) is 4.30. The fraction of sp³-hybridized carbons (Fsp3) is 0.773. The van der Waals surface area contributed by atoms with Crippen LogP contribution in [0, 0.1) is 0 Å². The van der Waals surface area contributed by atoms with E-state index in [0.29, 0.717) is 12.8 Å². The molecular weight excluding hydrogens is 424 g/mol. The zero-order valence-electron chi connectivity index (χ0n) is 19.7. The molecule has 0 heterocycles. The molecule has 10 nitrogen and oxygen atoms in total. The molecule has 0 saturated carbocycles. The summed E-state index contributed by atoms with van der Waals surface area (Å²) in [5, 5.41) is 0. The van der Waals surface area contributed by atoms with Gasteiger partial charge in [-0.25, -0.2) is 0 Å². The van der Waals surface area contributed by atoms with E-state index < -0.39 is 48.2 Å². The van der Waals surface area contributed by atoms with Crippen molar-refractivity contribution in [2.45, 2.75) is 97.9 Å². The maximum absolute atomic E-state index is 11.9. The molecule has 0 aliphatic rings. The number of rotatable bonds is 16. The van der Waals surface area contributed by atoms with Gasteiger partial charge in [0.2, 0.25) is 0 Å². The standard InChI is InChI=1S/C22H36O10/c1-15(30-17(3)24)21(32-19(5)26)11-9-7-6-8-10-12-22(27)29-14-20(31-18(4)25)13-28-16(2)23/h15,20-21H,6-14H2,1-5H3. The van der Waals surface area contributed by atoms with Crippen molar-refractivity contribution in [2.24, 2.45) is 0 Å². The summed E-state index contributed by atoms with van der Waals surface area (Å²) in [5.74, 6) is -2.34. The van der Waals surface area contributed by atoms with Crippen molar-refractivity contribution >= 4 is 29.8 Å². The molecule has 3 unspecified atom stereocenters. The summed E-state index contributed by atoms with van der Waals surface area (Å²) in [7, 11) is 0. The summed E-state index contributed by atoms with van der Waals surface area (Å²) in [6, 6.07) is 0. The lowest BCUT2D eigenvalue weighted by Gasteiger charge is -2.23. The molecule has 32 heavy (non-hydrogen) atoms. The zero-order valence-corrected chi connectivity index (χ0v) is 19.7. The molecule has 0 N–H and O–H groups in total. The fourth-order valence-corrected chi connectivity index (χ4v) is 2.90. The van der Waals surface area contributed by atoms with Gasteiger partial charge >= 0.3 is 29.8 Å². The van der Waals surface area contributed by atoms with Gasteiger partial charge < -0.3 is 23.7 Å². The highest BCUT2D eigenvalue weighted by molar-refractivity contribution is 5.69. The minimum Gasteiger partial charge on any atom is -0.462 e. The third-order valence-corrected chi connectivity index (χ3v) is 4.30. The number of hydrogen-bond donors (Lipinski definition) is 0. The summed E-state index contributed by atoms with van der Waals surface area (Å²) in [6.45, 7) is 6.41. The number of unbranched alkanes of at least 4 members (excludes halogenated alkanes) is 4. The summed E-state index contributed by atoms with van der Waals surface area (Å²) in [6.07, 6.45) is 2.96. The van der Waals surface area contributed by atoms with Crippen LogP contribution < -0.4 is 0 Å². The molecule has 0 amide bonds. The molecule has 0 rings (SSSR count). The van der Waals surface area contributed by atoms with Gasteiger partial charge in [0, 0.05) is 34.1 Å². The van der Waals surface area contributed by atoms with Crippen LogP contribution >= 0.6 is 0 Å². The summed E-state index contributed by atoms with van der Waals surface area (Å²) in [5.41, 5.74) is 0. The maximum Gasteiger partial charge on any atom is 0.305 e. The Morgan fingerprint density at radius 2 is 1.16 bits per heavy atom. The van der Waals surface area contributed by atoms with Gasteiger partial charge in [0.05, 0.1) is 0 Å². The Labute approximate surface area is 189 Å². The molecule has 0 spiro atoms. The minimum absolute atomic E-state index is 0.174. The first-order chi connectivity index (χ1) is 15.0. The quantitative estimate of drug-likeness (QED) is 0.192. The van der Waals surface area contributed by atoms with Crippen molar-refractivity contribution in [1.82, 2.24) is 0 Å². The van der Waals surface area contributed by atoms with Crippen molar-refractivity contribution in [2.75, 3.05) is 13.2 Å². The van der Waals surface area contributed by atoms with E-state index in [-0.39, 0.29) is 19.6 Å². The molecule has 184 valence electrons. The van der Waals surface area contributed by atoms with Crippen LogP contribution in [-0.2, 0) is 47.7 Å². The lowest BCUT2D eigenvalue weighted by Crippen LogP contribution is -2.32.